The van der Waals surface area contributed by atoms with Gasteiger partial charge in [0, 0.05) is 28.3 Å². The van der Waals surface area contributed by atoms with Gasteiger partial charge < -0.3 is 14.8 Å². The van der Waals surface area contributed by atoms with Crippen LogP contribution in [-0.4, -0.2) is 39.1 Å². The number of nitrogens with one attached hydrogen (secondary N) is 1. The first-order valence-corrected chi connectivity index (χ1v) is 13.3. The van der Waals surface area contributed by atoms with Gasteiger partial charge in [-0.25, -0.2) is 0 Å². The van der Waals surface area contributed by atoms with Crippen LogP contribution in [0.15, 0.2) is 76.4 Å². The average molecular weight is 575 g/mol. The number of tetrazole rings is 1. The summed E-state index contributed by atoms with van der Waals surface area (Å²) in [6.07, 6.45) is 0. The van der Waals surface area contributed by atoms with Crippen LogP contribution in [0.25, 0.3) is 5.69 Å². The molecule has 0 spiro atoms. The maximum atomic E-state index is 6.08. The summed E-state index contributed by atoms with van der Waals surface area (Å²) in [5.74, 6) is 2.22. The molecule has 1 N–H and O–H groups in total. The number of benzene rings is 3. The first kappa shape index (κ1) is 25.5. The van der Waals surface area contributed by atoms with Gasteiger partial charge in [0.05, 0.1) is 12.3 Å². The second-order valence-corrected chi connectivity index (χ2v) is 9.83. The van der Waals surface area contributed by atoms with Crippen LogP contribution in [0.1, 0.15) is 18.1 Å². The van der Waals surface area contributed by atoms with E-state index in [2.05, 4.69) is 36.8 Å². The Labute approximate surface area is 222 Å². The lowest BCUT2D eigenvalue weighted by Crippen LogP contribution is -2.17. The Morgan fingerprint density at radius 3 is 2.66 bits per heavy atom. The fourth-order valence-corrected chi connectivity index (χ4v) is 4.78. The summed E-state index contributed by atoms with van der Waals surface area (Å²) in [5, 5.41) is 17.0. The summed E-state index contributed by atoms with van der Waals surface area (Å²) in [7, 11) is 0. The number of hydrogen-bond acceptors (Lipinski definition) is 7. The minimum absolute atomic E-state index is 0.407. The van der Waals surface area contributed by atoms with Crippen molar-refractivity contribution in [3.05, 3.63) is 87.4 Å². The lowest BCUT2D eigenvalue weighted by atomic mass is 10.2. The van der Waals surface area contributed by atoms with Crippen LogP contribution in [0, 0.1) is 0 Å². The smallest absolute Gasteiger partial charge is 0.214 e. The first-order valence-electron chi connectivity index (χ1n) is 11.1. The largest absolute Gasteiger partial charge is 0.490 e. The molecular weight excluding hydrogens is 550 g/mol. The Balaban J connectivity index is 1.31. The van der Waals surface area contributed by atoms with Gasteiger partial charge in [-0.05, 0) is 64.9 Å². The minimum atomic E-state index is 0.407. The van der Waals surface area contributed by atoms with Gasteiger partial charge in [-0.2, -0.15) is 4.68 Å². The molecule has 0 radical (unpaired) electrons. The Morgan fingerprint density at radius 2 is 1.86 bits per heavy atom. The molecule has 35 heavy (non-hydrogen) atoms. The third-order valence-electron chi connectivity index (χ3n) is 4.96. The highest BCUT2D eigenvalue weighted by atomic mass is 79.9. The van der Waals surface area contributed by atoms with Crippen molar-refractivity contribution in [1.29, 1.82) is 0 Å². The van der Waals surface area contributed by atoms with Gasteiger partial charge in [0.25, 0.3) is 0 Å². The van der Waals surface area contributed by atoms with Crippen LogP contribution < -0.4 is 14.8 Å². The molecule has 0 amide bonds. The number of nitrogens with zero attached hydrogens (tertiary/aromatic N) is 4. The van der Waals surface area contributed by atoms with Gasteiger partial charge >= 0.3 is 0 Å². The van der Waals surface area contributed by atoms with Gasteiger partial charge in [0.15, 0.2) is 11.5 Å². The molecule has 0 unspecified atom stereocenters. The summed E-state index contributed by atoms with van der Waals surface area (Å²) >= 11 is 11.4. The molecule has 1 heterocycles. The first-order chi connectivity index (χ1) is 17.1. The molecule has 4 aromatic rings. The van der Waals surface area contributed by atoms with Crippen molar-refractivity contribution in [1.82, 2.24) is 25.5 Å². The zero-order chi connectivity index (χ0) is 24.5. The Morgan fingerprint density at radius 1 is 1.03 bits per heavy atom. The predicted molar refractivity (Wildman–Crippen MR) is 143 cm³/mol. The highest BCUT2D eigenvalue weighted by Crippen LogP contribution is 2.34. The summed E-state index contributed by atoms with van der Waals surface area (Å²) in [5.41, 5.74) is 3.03. The topological polar surface area (TPSA) is 74.1 Å². The third kappa shape index (κ3) is 7.20. The second kappa shape index (κ2) is 12.9. The van der Waals surface area contributed by atoms with E-state index in [0.29, 0.717) is 36.3 Å². The lowest BCUT2D eigenvalue weighted by Gasteiger charge is -2.15. The molecule has 0 bridgehead atoms. The zero-order valence-electron chi connectivity index (χ0n) is 19.2. The van der Waals surface area contributed by atoms with E-state index in [9.17, 15) is 0 Å². The summed E-state index contributed by atoms with van der Waals surface area (Å²) in [6, 6.07) is 21.5. The van der Waals surface area contributed by atoms with Gasteiger partial charge in [0.1, 0.15) is 6.61 Å². The SMILES string of the molecule is CCOc1cc(CNCCSc2nnnn2-c2ccccc2)c(Br)cc1OCc1cccc(Cl)c1. The number of rotatable bonds is 12. The molecule has 182 valence electrons. The quantitative estimate of drug-likeness (QED) is 0.166. The number of halogens is 2. The maximum Gasteiger partial charge on any atom is 0.214 e. The molecule has 0 saturated carbocycles. The fourth-order valence-electron chi connectivity index (χ4n) is 3.32. The normalized spacial score (nSPS) is 10.9. The van der Waals surface area contributed by atoms with E-state index in [4.69, 9.17) is 21.1 Å². The van der Waals surface area contributed by atoms with E-state index in [1.54, 1.807) is 16.4 Å². The Hall–Kier alpha value is -2.59. The zero-order valence-corrected chi connectivity index (χ0v) is 22.3. The van der Waals surface area contributed by atoms with Crippen LogP contribution in [0.2, 0.25) is 5.02 Å². The van der Waals surface area contributed by atoms with Crippen LogP contribution in [-0.2, 0) is 13.2 Å². The molecule has 0 fully saturated rings. The van der Waals surface area contributed by atoms with E-state index in [-0.39, 0.29) is 0 Å². The molecule has 4 rings (SSSR count). The molecule has 7 nitrogen and oxygen atoms in total. The highest BCUT2D eigenvalue weighted by molar-refractivity contribution is 9.10. The molecule has 1 aromatic heterocycles. The lowest BCUT2D eigenvalue weighted by molar-refractivity contribution is 0.269. The molecule has 0 aliphatic heterocycles. The molecule has 0 aliphatic carbocycles. The van der Waals surface area contributed by atoms with E-state index >= 15 is 0 Å². The van der Waals surface area contributed by atoms with Crippen LogP contribution in [0.5, 0.6) is 11.5 Å². The van der Waals surface area contributed by atoms with Gasteiger partial charge in [0.2, 0.25) is 5.16 Å². The number of ether oxygens (including phenoxy) is 2. The number of aromatic nitrogens is 4. The molecule has 10 heteroatoms. The van der Waals surface area contributed by atoms with Gasteiger partial charge in [-0.3, -0.25) is 0 Å². The monoisotopic (exact) mass is 573 g/mol. The summed E-state index contributed by atoms with van der Waals surface area (Å²) in [6.45, 7) is 4.38. The van der Waals surface area contributed by atoms with E-state index < -0.39 is 0 Å². The maximum absolute atomic E-state index is 6.08. The van der Waals surface area contributed by atoms with E-state index in [1.165, 1.54) is 0 Å². The fraction of sp³-hybridized carbons (Fsp3) is 0.240. The van der Waals surface area contributed by atoms with Crippen molar-refractivity contribution in [3.8, 4) is 17.2 Å². The highest BCUT2D eigenvalue weighted by Gasteiger charge is 2.12. The van der Waals surface area contributed by atoms with E-state index in [0.717, 1.165) is 38.7 Å². The molecule has 3 aromatic carbocycles. The Kier molecular flexibility index (Phi) is 9.42. The van der Waals surface area contributed by atoms with Crippen molar-refractivity contribution in [2.45, 2.75) is 25.2 Å². The standard InChI is InChI=1S/C25H25BrClN5O2S/c1-2-33-23-14-19(22(26)15-24(23)34-17-18-7-6-8-20(27)13-18)16-28-11-12-35-25-29-30-31-32(25)21-9-4-3-5-10-21/h3-10,13-15,28H,2,11-12,16-17H2,1H3. The Bertz CT molecular complexity index is 1240. The van der Waals surface area contributed by atoms with Crippen LogP contribution in [0.3, 0.4) is 0 Å². The number of hydrogen-bond donors (Lipinski definition) is 1. The number of para-hydroxylation sites is 1. The van der Waals surface area contributed by atoms with Crippen LogP contribution in [0.4, 0.5) is 0 Å². The molecule has 0 atom stereocenters. The second-order valence-electron chi connectivity index (χ2n) is 7.48. The van der Waals surface area contributed by atoms with Crippen molar-refractivity contribution in [2.24, 2.45) is 0 Å². The third-order valence-corrected chi connectivity index (χ3v) is 6.86. The van der Waals surface area contributed by atoms with E-state index in [1.807, 2.05) is 73.7 Å². The van der Waals surface area contributed by atoms with Crippen molar-refractivity contribution >= 4 is 39.3 Å². The van der Waals surface area contributed by atoms with Gasteiger partial charge in [-0.15, -0.1) is 5.10 Å². The van der Waals surface area contributed by atoms with Gasteiger partial charge in [-0.1, -0.05) is 69.6 Å². The van der Waals surface area contributed by atoms with Crippen molar-refractivity contribution in [3.63, 3.8) is 0 Å². The van der Waals surface area contributed by atoms with Crippen LogP contribution >= 0.6 is 39.3 Å². The van der Waals surface area contributed by atoms with Crippen molar-refractivity contribution in [2.75, 3.05) is 18.9 Å². The average Bonchev–Trinajstić information content (AvgIpc) is 3.34. The molecule has 0 saturated heterocycles. The summed E-state index contributed by atoms with van der Waals surface area (Å²) < 4.78 is 14.6. The summed E-state index contributed by atoms with van der Waals surface area (Å²) in [4.78, 5) is 0. The molecule has 0 aliphatic rings. The molecular formula is C25H25BrClN5O2S. The number of thioether (sulfide) groups is 1. The predicted octanol–water partition coefficient (Wildman–Crippen LogP) is 5.94. The van der Waals surface area contributed by atoms with Crippen molar-refractivity contribution < 1.29 is 9.47 Å². The minimum Gasteiger partial charge on any atom is -0.490 e.